The van der Waals surface area contributed by atoms with Crippen LogP contribution < -0.4 is 10.1 Å². The van der Waals surface area contributed by atoms with Gasteiger partial charge in [0.2, 0.25) is 0 Å². The van der Waals surface area contributed by atoms with E-state index in [9.17, 15) is 4.79 Å². The van der Waals surface area contributed by atoms with Gasteiger partial charge in [0.1, 0.15) is 12.4 Å². The molecule has 0 saturated carbocycles. The summed E-state index contributed by atoms with van der Waals surface area (Å²) >= 11 is 0. The minimum absolute atomic E-state index is 0.0645. The van der Waals surface area contributed by atoms with Crippen molar-refractivity contribution in [2.45, 2.75) is 45.4 Å². The van der Waals surface area contributed by atoms with Gasteiger partial charge in [-0.3, -0.25) is 9.69 Å². The van der Waals surface area contributed by atoms with Gasteiger partial charge < -0.3 is 10.1 Å². The van der Waals surface area contributed by atoms with E-state index in [1.54, 1.807) is 0 Å². The largest absolute Gasteiger partial charge is 0.492 e. The Balaban J connectivity index is 1.47. The molecule has 0 spiro atoms. The van der Waals surface area contributed by atoms with Crippen molar-refractivity contribution in [1.29, 1.82) is 0 Å². The topological polar surface area (TPSA) is 41.6 Å². The van der Waals surface area contributed by atoms with E-state index in [0.29, 0.717) is 12.2 Å². The first kappa shape index (κ1) is 22.3. The quantitative estimate of drug-likeness (QED) is 0.502. The fourth-order valence-electron chi connectivity index (χ4n) is 4.29. The average Bonchev–Trinajstić information content (AvgIpc) is 2.80. The molecule has 0 atom stereocenters. The molecule has 1 saturated heterocycles. The predicted molar refractivity (Wildman–Crippen MR) is 133 cm³/mol. The number of anilines is 1. The maximum absolute atomic E-state index is 12.9. The van der Waals surface area contributed by atoms with Crippen LogP contribution in [0.3, 0.4) is 0 Å². The zero-order valence-electron chi connectivity index (χ0n) is 19.5. The van der Waals surface area contributed by atoms with Crippen LogP contribution in [0.4, 0.5) is 5.69 Å². The maximum atomic E-state index is 12.9. The molecular formula is C28H34N2O2. The third-order valence-corrected chi connectivity index (χ3v) is 6.26. The van der Waals surface area contributed by atoms with E-state index < -0.39 is 0 Å². The molecule has 0 aromatic heterocycles. The van der Waals surface area contributed by atoms with Crippen LogP contribution in [-0.4, -0.2) is 37.0 Å². The van der Waals surface area contributed by atoms with Crippen LogP contribution in [0.25, 0.3) is 10.8 Å². The Morgan fingerprint density at radius 1 is 0.906 bits per heavy atom. The smallest absolute Gasteiger partial charge is 0.255 e. The summed E-state index contributed by atoms with van der Waals surface area (Å²) in [7, 11) is 0. The minimum Gasteiger partial charge on any atom is -0.492 e. The lowest BCUT2D eigenvalue weighted by Crippen LogP contribution is -2.33. The zero-order valence-corrected chi connectivity index (χ0v) is 19.5. The number of ether oxygens (including phenoxy) is 1. The average molecular weight is 431 g/mol. The van der Waals surface area contributed by atoms with Gasteiger partial charge in [-0.05, 0) is 61.2 Å². The highest BCUT2D eigenvalue weighted by molar-refractivity contribution is 6.10. The van der Waals surface area contributed by atoms with E-state index >= 15 is 0 Å². The molecule has 4 heteroatoms. The van der Waals surface area contributed by atoms with Crippen LogP contribution in [-0.2, 0) is 5.41 Å². The number of benzene rings is 3. The van der Waals surface area contributed by atoms with Crippen LogP contribution in [0.5, 0.6) is 5.75 Å². The van der Waals surface area contributed by atoms with Crippen molar-refractivity contribution in [3.63, 3.8) is 0 Å². The number of hydrogen-bond acceptors (Lipinski definition) is 3. The van der Waals surface area contributed by atoms with Crippen LogP contribution in [0.2, 0.25) is 0 Å². The molecule has 1 N–H and O–H groups in total. The second-order valence-corrected chi connectivity index (χ2v) is 9.69. The molecule has 1 heterocycles. The van der Waals surface area contributed by atoms with Gasteiger partial charge in [-0.15, -0.1) is 0 Å². The van der Waals surface area contributed by atoms with E-state index in [4.69, 9.17) is 4.74 Å². The number of carbonyl (C=O) groups excluding carboxylic acids is 1. The summed E-state index contributed by atoms with van der Waals surface area (Å²) in [5.74, 6) is 0.763. The Bertz CT molecular complexity index is 1060. The molecule has 0 radical (unpaired) electrons. The molecule has 32 heavy (non-hydrogen) atoms. The Labute approximate surface area is 191 Å². The number of nitrogens with one attached hydrogen (secondary N) is 1. The van der Waals surface area contributed by atoms with Gasteiger partial charge in [-0.1, -0.05) is 63.6 Å². The lowest BCUT2D eigenvalue weighted by atomic mass is 9.86. The van der Waals surface area contributed by atoms with Gasteiger partial charge in [0.25, 0.3) is 5.91 Å². The maximum Gasteiger partial charge on any atom is 0.255 e. The standard InChI is InChI=1S/C28H34N2O2/c1-28(2,3)22-13-11-21(12-14-22)27(31)29-25-15-16-26(24-10-6-5-9-23(24)25)32-20-19-30-17-7-4-8-18-30/h5-6,9-16H,4,7-8,17-20H2,1-3H3,(H,29,31). The Hall–Kier alpha value is -2.85. The summed E-state index contributed by atoms with van der Waals surface area (Å²) in [6.07, 6.45) is 3.92. The third-order valence-electron chi connectivity index (χ3n) is 6.26. The van der Waals surface area contributed by atoms with Crippen molar-refractivity contribution in [3.05, 3.63) is 71.8 Å². The molecule has 4 nitrogen and oxygen atoms in total. The lowest BCUT2D eigenvalue weighted by molar-refractivity contribution is 0.102. The summed E-state index contributed by atoms with van der Waals surface area (Å²) in [6.45, 7) is 10.5. The van der Waals surface area contributed by atoms with Gasteiger partial charge >= 0.3 is 0 Å². The highest BCUT2D eigenvalue weighted by Gasteiger charge is 2.16. The number of piperidine rings is 1. The number of hydrogen-bond donors (Lipinski definition) is 1. The first-order valence-corrected chi connectivity index (χ1v) is 11.7. The molecule has 1 aliphatic rings. The molecule has 3 aromatic rings. The van der Waals surface area contributed by atoms with Crippen molar-refractivity contribution in [3.8, 4) is 5.75 Å². The summed E-state index contributed by atoms with van der Waals surface area (Å²) in [5.41, 5.74) is 2.73. The fourth-order valence-corrected chi connectivity index (χ4v) is 4.29. The Morgan fingerprint density at radius 2 is 1.59 bits per heavy atom. The highest BCUT2D eigenvalue weighted by atomic mass is 16.5. The van der Waals surface area contributed by atoms with Crippen molar-refractivity contribution >= 4 is 22.4 Å². The van der Waals surface area contributed by atoms with Crippen molar-refractivity contribution in [2.75, 3.05) is 31.6 Å². The number of fused-ring (bicyclic) bond motifs is 1. The van der Waals surface area contributed by atoms with Crippen molar-refractivity contribution in [2.24, 2.45) is 0 Å². The van der Waals surface area contributed by atoms with Gasteiger partial charge in [0.15, 0.2) is 0 Å². The molecular weight excluding hydrogens is 396 g/mol. The molecule has 0 unspecified atom stereocenters. The number of amides is 1. The monoisotopic (exact) mass is 430 g/mol. The van der Waals surface area contributed by atoms with Gasteiger partial charge in [0, 0.05) is 28.6 Å². The number of rotatable bonds is 6. The summed E-state index contributed by atoms with van der Waals surface area (Å²) in [4.78, 5) is 15.4. The van der Waals surface area contributed by atoms with E-state index in [-0.39, 0.29) is 11.3 Å². The summed E-state index contributed by atoms with van der Waals surface area (Å²) < 4.78 is 6.16. The van der Waals surface area contributed by atoms with Crippen LogP contribution in [0, 0.1) is 0 Å². The van der Waals surface area contributed by atoms with Crippen LogP contribution in [0.15, 0.2) is 60.7 Å². The summed E-state index contributed by atoms with van der Waals surface area (Å²) in [6, 6.07) is 19.9. The van der Waals surface area contributed by atoms with Gasteiger partial charge in [-0.25, -0.2) is 0 Å². The molecule has 168 valence electrons. The molecule has 3 aromatic carbocycles. The normalized spacial score (nSPS) is 15.0. The highest BCUT2D eigenvalue weighted by Crippen LogP contribution is 2.32. The third kappa shape index (κ3) is 5.31. The van der Waals surface area contributed by atoms with E-state index in [1.165, 1.54) is 37.9 Å². The zero-order chi connectivity index (χ0) is 22.6. The second kappa shape index (κ2) is 9.74. The molecule has 1 aliphatic heterocycles. The van der Waals surface area contributed by atoms with E-state index in [2.05, 4.69) is 37.1 Å². The fraction of sp³-hybridized carbons (Fsp3) is 0.393. The predicted octanol–water partition coefficient (Wildman–Crippen LogP) is 6.25. The second-order valence-electron chi connectivity index (χ2n) is 9.69. The molecule has 0 bridgehead atoms. The first-order valence-electron chi connectivity index (χ1n) is 11.7. The molecule has 4 rings (SSSR count). The minimum atomic E-state index is -0.102. The van der Waals surface area contributed by atoms with Crippen LogP contribution >= 0.6 is 0 Å². The van der Waals surface area contributed by atoms with Gasteiger partial charge in [0.05, 0.1) is 0 Å². The lowest BCUT2D eigenvalue weighted by Gasteiger charge is -2.26. The first-order chi connectivity index (χ1) is 15.4. The van der Waals surface area contributed by atoms with E-state index in [1.807, 2.05) is 54.6 Å². The van der Waals surface area contributed by atoms with Crippen molar-refractivity contribution in [1.82, 2.24) is 4.90 Å². The Morgan fingerprint density at radius 3 is 2.28 bits per heavy atom. The molecule has 1 amide bonds. The van der Waals surface area contributed by atoms with Crippen LogP contribution in [0.1, 0.15) is 56.0 Å². The Kier molecular flexibility index (Phi) is 6.80. The van der Waals surface area contributed by atoms with Crippen molar-refractivity contribution < 1.29 is 9.53 Å². The summed E-state index contributed by atoms with van der Waals surface area (Å²) in [5, 5.41) is 5.10. The molecule has 1 fully saturated rings. The SMILES string of the molecule is CC(C)(C)c1ccc(C(=O)Nc2ccc(OCCN3CCCCC3)c3ccccc23)cc1. The number of nitrogens with zero attached hydrogens (tertiary/aromatic N) is 1. The van der Waals surface area contributed by atoms with Gasteiger partial charge in [-0.2, -0.15) is 0 Å². The van der Waals surface area contributed by atoms with E-state index in [0.717, 1.165) is 28.8 Å². The number of carbonyl (C=O) groups is 1. The molecule has 0 aliphatic carbocycles. The number of likely N-dealkylation sites (tertiary alicyclic amines) is 1.